The summed E-state index contributed by atoms with van der Waals surface area (Å²) in [7, 11) is 0. The second-order valence-electron chi connectivity index (χ2n) is 18.1. The van der Waals surface area contributed by atoms with Crippen molar-refractivity contribution in [2.24, 2.45) is 28.6 Å². The van der Waals surface area contributed by atoms with Crippen LogP contribution in [0, 0.1) is 28.6 Å². The molecule has 0 spiro atoms. The highest BCUT2D eigenvalue weighted by molar-refractivity contribution is 7.99. The number of rotatable bonds is 13. The molecule has 6 aliphatic rings. The van der Waals surface area contributed by atoms with Crippen molar-refractivity contribution in [3.05, 3.63) is 102 Å². The number of carbonyl (C=O) groups excluding carboxylic acids is 6. The van der Waals surface area contributed by atoms with Crippen LogP contribution in [0.15, 0.2) is 106 Å². The summed E-state index contributed by atoms with van der Waals surface area (Å²) in [5, 5.41) is 30.3. The molecule has 2 aromatic carbocycles. The lowest BCUT2D eigenvalue weighted by molar-refractivity contribution is -0.201. The molecule has 0 aromatic heterocycles. The van der Waals surface area contributed by atoms with Crippen molar-refractivity contribution in [1.82, 2.24) is 15.5 Å². The molecule has 14 nitrogen and oxygen atoms in total. The van der Waals surface area contributed by atoms with E-state index in [9.17, 15) is 39.0 Å². The van der Waals surface area contributed by atoms with Gasteiger partial charge in [-0.1, -0.05) is 74.2 Å². The van der Waals surface area contributed by atoms with Crippen LogP contribution in [0.5, 0.6) is 0 Å². The lowest BCUT2D eigenvalue weighted by atomic mass is 9.46. The Balaban J connectivity index is 0.869. The zero-order chi connectivity index (χ0) is 45.0. The second-order valence-corrected chi connectivity index (χ2v) is 19.3. The van der Waals surface area contributed by atoms with Crippen molar-refractivity contribution in [2.75, 3.05) is 18.5 Å². The predicted molar refractivity (Wildman–Crippen MR) is 232 cm³/mol. The Morgan fingerprint density at radius 1 is 0.968 bits per heavy atom. The van der Waals surface area contributed by atoms with Gasteiger partial charge in [0.25, 0.3) is 11.8 Å². The van der Waals surface area contributed by atoms with Gasteiger partial charge in [-0.15, -0.1) is 0 Å². The average molecular weight is 879 g/mol. The Kier molecular flexibility index (Phi) is 12.0. The highest BCUT2D eigenvalue weighted by Gasteiger charge is 2.75. The summed E-state index contributed by atoms with van der Waals surface area (Å²) in [6, 6.07) is 12.9. The number of allylic oxidation sites excluding steroid dienone is 5. The molecule has 63 heavy (non-hydrogen) atoms. The van der Waals surface area contributed by atoms with Crippen LogP contribution in [0.2, 0.25) is 0 Å². The number of ether oxygens (including phenoxy) is 2. The third-order valence-electron chi connectivity index (χ3n) is 14.4. The topological polar surface area (TPSA) is 201 Å². The molecule has 8 rings (SSSR count). The minimum Gasteiger partial charge on any atom is -0.393 e. The van der Waals surface area contributed by atoms with Gasteiger partial charge >= 0.3 is 0 Å². The highest BCUT2D eigenvalue weighted by Crippen LogP contribution is 2.70. The maximum atomic E-state index is 14.0. The summed E-state index contributed by atoms with van der Waals surface area (Å²) in [6.45, 7) is 10.6. The molecule has 5 N–H and O–H groups in total. The molecule has 0 radical (unpaired) electrons. The van der Waals surface area contributed by atoms with Gasteiger partial charge in [0, 0.05) is 62.9 Å². The molecule has 4 aliphatic carbocycles. The van der Waals surface area contributed by atoms with E-state index in [2.05, 4.69) is 41.6 Å². The number of hydrogen-bond acceptors (Lipinski definition) is 11. The Hall–Kier alpha value is -5.19. The minimum atomic E-state index is -1.41. The largest absolute Gasteiger partial charge is 0.393 e. The van der Waals surface area contributed by atoms with E-state index in [0.29, 0.717) is 18.5 Å². The van der Waals surface area contributed by atoms with Crippen molar-refractivity contribution in [1.29, 1.82) is 0 Å². The molecule has 1 saturated heterocycles. The van der Waals surface area contributed by atoms with Crippen LogP contribution in [-0.4, -0.2) is 93.5 Å². The molecule has 0 bridgehead atoms. The van der Waals surface area contributed by atoms with Crippen LogP contribution < -0.4 is 16.0 Å². The lowest BCUT2D eigenvalue weighted by Gasteiger charge is -2.59. The fourth-order valence-corrected chi connectivity index (χ4v) is 12.2. The van der Waals surface area contributed by atoms with E-state index in [1.54, 1.807) is 18.2 Å². The molecule has 15 heteroatoms. The molecule has 11 atom stereocenters. The Morgan fingerprint density at radius 3 is 2.40 bits per heavy atom. The number of Topliss-reactive ketones (excluding diaryl/α,β-unsaturated/α-hetero) is 1. The third kappa shape index (κ3) is 7.92. The van der Waals surface area contributed by atoms with E-state index < -0.39 is 83.5 Å². The van der Waals surface area contributed by atoms with Gasteiger partial charge in [0.15, 0.2) is 17.7 Å². The monoisotopic (exact) mass is 878 g/mol. The molecule has 2 aliphatic heterocycles. The van der Waals surface area contributed by atoms with E-state index in [-0.39, 0.29) is 36.1 Å². The number of carbonyl (C=O) groups is 6. The lowest BCUT2D eigenvalue weighted by Crippen LogP contribution is -2.63. The van der Waals surface area contributed by atoms with Crippen LogP contribution in [0.4, 0.5) is 5.69 Å². The summed E-state index contributed by atoms with van der Waals surface area (Å²) < 4.78 is 13.4. The summed E-state index contributed by atoms with van der Waals surface area (Å²) in [5.74, 6) is -2.84. The summed E-state index contributed by atoms with van der Waals surface area (Å²) in [5.41, 5.74) is 1.01. The van der Waals surface area contributed by atoms with Crippen LogP contribution in [0.25, 0.3) is 0 Å². The molecular weight excluding hydrogens is 825 g/mol. The van der Waals surface area contributed by atoms with Gasteiger partial charge in [0.2, 0.25) is 17.7 Å². The number of hydrogen-bond donors (Lipinski definition) is 5. The van der Waals surface area contributed by atoms with Gasteiger partial charge in [-0.3, -0.25) is 33.7 Å². The average Bonchev–Trinajstić information content (AvgIpc) is 3.87. The first-order chi connectivity index (χ1) is 30.0. The number of anilines is 1. The highest BCUT2D eigenvalue weighted by atomic mass is 32.2. The van der Waals surface area contributed by atoms with Crippen LogP contribution in [0.3, 0.4) is 0 Å². The number of fused-ring (bicyclic) bond motifs is 7. The fraction of sp³-hybridized carbons (Fsp3) is 0.458. The first-order valence-corrected chi connectivity index (χ1v) is 22.4. The molecule has 5 amide bonds. The van der Waals surface area contributed by atoms with Gasteiger partial charge in [-0.05, 0) is 87.3 Å². The number of benzene rings is 2. The summed E-state index contributed by atoms with van der Waals surface area (Å²) >= 11 is 1.46. The van der Waals surface area contributed by atoms with Crippen LogP contribution in [-0.2, 0) is 38.2 Å². The zero-order valence-corrected chi connectivity index (χ0v) is 36.6. The predicted octanol–water partition coefficient (Wildman–Crippen LogP) is 4.69. The number of ketones is 1. The zero-order valence-electron chi connectivity index (χ0n) is 35.8. The SMILES string of the molecule is C=C1C=C[C@@]2(C)C(=C1)CC[C@@H]1[C@@H]2[C@@H](O)C[C@@]2(C)[C@H]1C[C@H]1O[C@@H](c3ccc(Sc4cccc(NC(=O)[C@H](C)NC(=O)[C@H](C)NC(=O)CCN5C(=O)C=CC5=O)c4)cc3)O[C@]12C(=O)CO. The molecule has 2 heterocycles. The van der Waals surface area contributed by atoms with Crippen molar-refractivity contribution < 1.29 is 48.5 Å². The molecule has 4 fully saturated rings. The van der Waals surface area contributed by atoms with Gasteiger partial charge in [0.1, 0.15) is 18.7 Å². The summed E-state index contributed by atoms with van der Waals surface area (Å²) in [6.07, 6.45) is 9.08. The van der Waals surface area contributed by atoms with E-state index >= 15 is 0 Å². The van der Waals surface area contributed by atoms with E-state index in [4.69, 9.17) is 9.47 Å². The van der Waals surface area contributed by atoms with Crippen LogP contribution in [0.1, 0.15) is 71.7 Å². The number of nitrogens with zero attached hydrogens (tertiary/aromatic N) is 1. The Bertz CT molecular complexity index is 2330. The van der Waals surface area contributed by atoms with Gasteiger partial charge in [0.05, 0.1) is 12.2 Å². The number of aliphatic hydroxyl groups is 2. The van der Waals surface area contributed by atoms with Crippen molar-refractivity contribution in [3.8, 4) is 0 Å². The minimum absolute atomic E-state index is 0.0220. The standard InChI is InChI=1S/C48H54N4O10S/c1-26-17-19-46(4)30(21-26)11-14-34-35-23-38-48(37(55)25-53,47(35,5)24-36(54)42(34)46)62-45(61-38)29-9-12-32(13-10-29)63-33-8-6-7-31(22-33)51-44(60)28(3)50-43(59)27(2)49-39(56)18-20-52-40(57)15-16-41(52)58/h6-10,12-13,15-17,19,21-22,27-28,34-36,38,42,45,53-54H,1,11,14,18,20,23-25H2,2-5H3,(H,49,56)(H,50,59)(H,51,60)/t27-,28-,34-,35-,36-,38+,42+,45+,46-,47-,48+/m0/s1. The Morgan fingerprint density at radius 2 is 1.68 bits per heavy atom. The number of amides is 5. The molecule has 3 saturated carbocycles. The van der Waals surface area contributed by atoms with Crippen molar-refractivity contribution >= 4 is 52.8 Å². The number of imide groups is 1. The molecular formula is C48H54N4O10S. The maximum Gasteiger partial charge on any atom is 0.253 e. The number of nitrogens with one attached hydrogen (secondary N) is 3. The molecule has 0 unspecified atom stereocenters. The quantitative estimate of drug-likeness (QED) is 0.175. The van der Waals surface area contributed by atoms with Gasteiger partial charge in [-0.25, -0.2) is 0 Å². The van der Waals surface area contributed by atoms with E-state index in [1.165, 1.54) is 31.2 Å². The molecule has 2 aromatic rings. The third-order valence-corrected chi connectivity index (χ3v) is 15.4. The fourth-order valence-electron chi connectivity index (χ4n) is 11.3. The van der Waals surface area contributed by atoms with Crippen LogP contribution >= 0.6 is 11.8 Å². The van der Waals surface area contributed by atoms with Crippen molar-refractivity contribution in [2.45, 2.75) is 106 Å². The van der Waals surface area contributed by atoms with Gasteiger partial charge in [-0.2, -0.15) is 0 Å². The number of aliphatic hydroxyl groups excluding tert-OH is 2. The first kappa shape index (κ1) is 44.4. The first-order valence-electron chi connectivity index (χ1n) is 21.5. The van der Waals surface area contributed by atoms with Gasteiger partial charge < -0.3 is 35.6 Å². The normalized spacial score (nSPS) is 32.5. The Labute approximate surface area is 370 Å². The molecule has 332 valence electrons. The smallest absolute Gasteiger partial charge is 0.253 e. The van der Waals surface area contributed by atoms with E-state index in [1.807, 2.05) is 43.3 Å². The maximum absolute atomic E-state index is 14.0. The van der Waals surface area contributed by atoms with E-state index in [0.717, 1.165) is 50.8 Å². The summed E-state index contributed by atoms with van der Waals surface area (Å²) in [4.78, 5) is 78.3. The van der Waals surface area contributed by atoms with Crippen molar-refractivity contribution in [3.63, 3.8) is 0 Å². The second kappa shape index (κ2) is 17.1.